The molecule has 0 radical (unpaired) electrons. The molecule has 152 valence electrons. The molecule has 4 rings (SSSR count). The molecule has 3 aromatic carbocycles. The number of benzene rings is 3. The van der Waals surface area contributed by atoms with Gasteiger partial charge in [-0.3, -0.25) is 4.79 Å². The summed E-state index contributed by atoms with van der Waals surface area (Å²) < 4.78 is 1.94. The van der Waals surface area contributed by atoms with Gasteiger partial charge in [0.2, 0.25) is 0 Å². The molecule has 3 N–H and O–H groups in total. The van der Waals surface area contributed by atoms with Crippen molar-refractivity contribution in [3.05, 3.63) is 101 Å². The Morgan fingerprint density at radius 1 is 1.00 bits per heavy atom. The van der Waals surface area contributed by atoms with Crippen LogP contribution in [-0.2, 0) is 0 Å². The first kappa shape index (κ1) is 20.2. The Kier molecular flexibility index (Phi) is 5.86. The maximum absolute atomic E-state index is 12.5. The van der Waals surface area contributed by atoms with E-state index in [1.807, 2.05) is 65.4 Å². The molecule has 1 amide bonds. The molecule has 0 aliphatic carbocycles. The molecule has 0 saturated carbocycles. The topological polar surface area (TPSA) is 74.5 Å². The number of anilines is 1. The van der Waals surface area contributed by atoms with Gasteiger partial charge in [0.1, 0.15) is 6.10 Å². The third kappa shape index (κ3) is 4.09. The lowest BCUT2D eigenvalue weighted by Gasteiger charge is -2.25. The number of aliphatic hydroxyl groups is 2. The molecule has 0 fully saturated rings. The summed E-state index contributed by atoms with van der Waals surface area (Å²) in [5.74, 6) is -0.242. The van der Waals surface area contributed by atoms with Crippen LogP contribution in [0.25, 0.3) is 10.9 Å². The second kappa shape index (κ2) is 8.71. The van der Waals surface area contributed by atoms with Gasteiger partial charge in [0, 0.05) is 33.4 Å². The second-order valence-electron chi connectivity index (χ2n) is 7.07. The van der Waals surface area contributed by atoms with Crippen molar-refractivity contribution in [1.29, 1.82) is 0 Å². The SMILES string of the molecule is O=C(Nc1ccc2c(ccn2[C@@H](c2ccccc2)[C@H](O)CO)c1)c1cccc(Cl)c1. The number of nitrogens with zero attached hydrogens (tertiary/aromatic N) is 1. The molecule has 2 atom stereocenters. The summed E-state index contributed by atoms with van der Waals surface area (Å²) in [6, 6.07) is 23.4. The van der Waals surface area contributed by atoms with Crippen molar-refractivity contribution in [1.82, 2.24) is 4.57 Å². The van der Waals surface area contributed by atoms with Crippen molar-refractivity contribution >= 4 is 34.1 Å². The Morgan fingerprint density at radius 2 is 1.80 bits per heavy atom. The van der Waals surface area contributed by atoms with E-state index in [0.29, 0.717) is 16.3 Å². The molecule has 0 spiro atoms. The fraction of sp³-hybridized carbons (Fsp3) is 0.125. The predicted molar refractivity (Wildman–Crippen MR) is 119 cm³/mol. The van der Waals surface area contributed by atoms with E-state index in [-0.39, 0.29) is 12.5 Å². The monoisotopic (exact) mass is 420 g/mol. The van der Waals surface area contributed by atoms with Gasteiger partial charge in [0.15, 0.2) is 0 Å². The molecule has 0 aliphatic heterocycles. The van der Waals surface area contributed by atoms with Gasteiger partial charge >= 0.3 is 0 Å². The van der Waals surface area contributed by atoms with Crippen LogP contribution in [0.2, 0.25) is 5.02 Å². The van der Waals surface area contributed by atoms with Crippen LogP contribution < -0.4 is 5.32 Å². The maximum atomic E-state index is 12.5. The number of nitrogens with one attached hydrogen (secondary N) is 1. The molecule has 5 nitrogen and oxygen atoms in total. The lowest BCUT2D eigenvalue weighted by atomic mass is 10.0. The molecule has 0 aliphatic rings. The number of amides is 1. The van der Waals surface area contributed by atoms with Crippen molar-refractivity contribution in [3.8, 4) is 0 Å². The van der Waals surface area contributed by atoms with Gasteiger partial charge in [-0.2, -0.15) is 0 Å². The average molecular weight is 421 g/mol. The number of rotatable bonds is 6. The van der Waals surface area contributed by atoms with Gasteiger partial charge in [-0.05, 0) is 48.0 Å². The number of carbonyl (C=O) groups excluding carboxylic acids is 1. The summed E-state index contributed by atoms with van der Waals surface area (Å²) in [5, 5.41) is 24.4. The van der Waals surface area contributed by atoms with Crippen LogP contribution in [0.1, 0.15) is 22.0 Å². The highest BCUT2D eigenvalue weighted by Gasteiger charge is 2.23. The van der Waals surface area contributed by atoms with Gasteiger partial charge in [-0.15, -0.1) is 0 Å². The van der Waals surface area contributed by atoms with Crippen LogP contribution in [0, 0.1) is 0 Å². The lowest BCUT2D eigenvalue weighted by molar-refractivity contribution is 0.0654. The zero-order valence-electron chi connectivity index (χ0n) is 16.1. The number of hydrogen-bond donors (Lipinski definition) is 3. The summed E-state index contributed by atoms with van der Waals surface area (Å²) in [6.07, 6.45) is 0.925. The van der Waals surface area contributed by atoms with E-state index < -0.39 is 12.1 Å². The fourth-order valence-corrected chi connectivity index (χ4v) is 3.83. The molecule has 4 aromatic rings. The van der Waals surface area contributed by atoms with Crippen molar-refractivity contribution < 1.29 is 15.0 Å². The van der Waals surface area contributed by atoms with Gasteiger partial charge in [-0.1, -0.05) is 48.0 Å². The third-order valence-electron chi connectivity index (χ3n) is 5.06. The van der Waals surface area contributed by atoms with Crippen LogP contribution in [0.5, 0.6) is 0 Å². The molecule has 1 aromatic heterocycles. The minimum Gasteiger partial charge on any atom is -0.394 e. The van der Waals surface area contributed by atoms with Crippen molar-refractivity contribution in [2.24, 2.45) is 0 Å². The van der Waals surface area contributed by atoms with Crippen molar-refractivity contribution in [2.75, 3.05) is 11.9 Å². The van der Waals surface area contributed by atoms with E-state index in [1.54, 1.807) is 24.3 Å². The Morgan fingerprint density at radius 3 is 2.53 bits per heavy atom. The lowest BCUT2D eigenvalue weighted by Crippen LogP contribution is -2.27. The number of hydrogen-bond acceptors (Lipinski definition) is 3. The van der Waals surface area contributed by atoms with Crippen LogP contribution in [0.4, 0.5) is 5.69 Å². The first-order valence-corrected chi connectivity index (χ1v) is 9.96. The average Bonchev–Trinajstić information content (AvgIpc) is 3.17. The van der Waals surface area contributed by atoms with Gasteiger partial charge in [0.25, 0.3) is 5.91 Å². The number of aromatic nitrogens is 1. The zero-order chi connectivity index (χ0) is 21.1. The molecule has 0 saturated heterocycles. The highest BCUT2D eigenvalue weighted by Crippen LogP contribution is 2.29. The number of aliphatic hydroxyl groups excluding tert-OH is 2. The highest BCUT2D eigenvalue weighted by atomic mass is 35.5. The van der Waals surface area contributed by atoms with E-state index in [4.69, 9.17) is 11.6 Å². The molecule has 6 heteroatoms. The summed E-state index contributed by atoms with van der Waals surface area (Å²) in [5.41, 5.74) is 2.92. The molecule has 30 heavy (non-hydrogen) atoms. The first-order valence-electron chi connectivity index (χ1n) is 9.58. The van der Waals surface area contributed by atoms with E-state index >= 15 is 0 Å². The molecular weight excluding hydrogens is 400 g/mol. The Labute approximate surface area is 179 Å². The van der Waals surface area contributed by atoms with E-state index in [9.17, 15) is 15.0 Å². The standard InChI is InChI=1S/C24H21ClN2O3/c25-19-8-4-7-18(13-19)24(30)26-20-9-10-21-17(14-20)11-12-27(21)23(22(29)15-28)16-5-2-1-3-6-16/h1-14,22-23,28-29H,15H2,(H,26,30)/t22-,23+/m1/s1. The smallest absolute Gasteiger partial charge is 0.255 e. The zero-order valence-corrected chi connectivity index (χ0v) is 16.8. The van der Waals surface area contributed by atoms with Gasteiger partial charge < -0.3 is 20.1 Å². The summed E-state index contributed by atoms with van der Waals surface area (Å²) >= 11 is 5.97. The number of carbonyl (C=O) groups is 1. The van der Waals surface area contributed by atoms with E-state index in [0.717, 1.165) is 16.5 Å². The van der Waals surface area contributed by atoms with Crippen LogP contribution in [0.3, 0.4) is 0 Å². The summed E-state index contributed by atoms with van der Waals surface area (Å²) in [4.78, 5) is 12.5. The summed E-state index contributed by atoms with van der Waals surface area (Å²) in [7, 11) is 0. The van der Waals surface area contributed by atoms with Gasteiger partial charge in [-0.25, -0.2) is 0 Å². The Balaban J connectivity index is 1.65. The number of halogens is 1. The molecular formula is C24H21ClN2O3. The molecule has 1 heterocycles. The molecule has 0 unspecified atom stereocenters. The minimum atomic E-state index is -0.954. The Bertz CT molecular complexity index is 1170. The van der Waals surface area contributed by atoms with Crippen molar-refractivity contribution in [2.45, 2.75) is 12.1 Å². The van der Waals surface area contributed by atoms with Gasteiger partial charge in [0.05, 0.1) is 12.6 Å². The first-order chi connectivity index (χ1) is 14.6. The second-order valence-corrected chi connectivity index (χ2v) is 7.50. The quantitative estimate of drug-likeness (QED) is 0.430. The van der Waals surface area contributed by atoms with Crippen molar-refractivity contribution in [3.63, 3.8) is 0 Å². The highest BCUT2D eigenvalue weighted by molar-refractivity contribution is 6.31. The summed E-state index contributed by atoms with van der Waals surface area (Å²) in [6.45, 7) is -0.354. The van der Waals surface area contributed by atoms with E-state index in [1.165, 1.54) is 0 Å². The third-order valence-corrected chi connectivity index (χ3v) is 5.29. The van der Waals surface area contributed by atoms with Crippen LogP contribution in [-0.4, -0.2) is 33.4 Å². The van der Waals surface area contributed by atoms with Crippen LogP contribution >= 0.6 is 11.6 Å². The maximum Gasteiger partial charge on any atom is 0.255 e. The molecule has 0 bridgehead atoms. The fourth-order valence-electron chi connectivity index (χ4n) is 3.64. The largest absolute Gasteiger partial charge is 0.394 e. The Hall–Kier alpha value is -3.12. The normalized spacial score (nSPS) is 13.2. The van der Waals surface area contributed by atoms with E-state index in [2.05, 4.69) is 5.32 Å². The predicted octanol–water partition coefficient (Wildman–Crippen LogP) is 4.49. The number of fused-ring (bicyclic) bond motifs is 1. The minimum absolute atomic E-state index is 0.242. The van der Waals surface area contributed by atoms with Crippen LogP contribution in [0.15, 0.2) is 85.1 Å².